The van der Waals surface area contributed by atoms with Gasteiger partial charge in [0, 0.05) is 12.1 Å². The first kappa shape index (κ1) is 22.5. The van der Waals surface area contributed by atoms with Gasteiger partial charge in [-0.3, -0.25) is 20.2 Å². The fourth-order valence-electron chi connectivity index (χ4n) is 4.46. The Morgan fingerprint density at radius 2 is 1.38 bits per heavy atom. The van der Waals surface area contributed by atoms with Gasteiger partial charge in [0.05, 0.1) is 32.1 Å². The van der Waals surface area contributed by atoms with Crippen LogP contribution >= 0.6 is 34.5 Å². The summed E-state index contributed by atoms with van der Waals surface area (Å²) >= 11 is 13.6. The number of rotatable bonds is 5. The van der Waals surface area contributed by atoms with Crippen molar-refractivity contribution in [2.24, 2.45) is 0 Å². The van der Waals surface area contributed by atoms with E-state index < -0.39 is 9.85 Å². The van der Waals surface area contributed by atoms with Gasteiger partial charge in [-0.1, -0.05) is 58.8 Å². The third-order valence-electron chi connectivity index (χ3n) is 5.99. The van der Waals surface area contributed by atoms with Crippen molar-refractivity contribution in [1.82, 2.24) is 4.98 Å². The molecule has 4 aromatic rings. The lowest BCUT2D eigenvalue weighted by molar-refractivity contribution is -0.384. The summed E-state index contributed by atoms with van der Waals surface area (Å²) in [5, 5.41) is 23.9. The second kappa shape index (κ2) is 8.83. The zero-order valence-corrected chi connectivity index (χ0v) is 19.8. The van der Waals surface area contributed by atoms with Gasteiger partial charge < -0.3 is 4.90 Å². The minimum Gasteiger partial charge on any atom is -0.334 e. The van der Waals surface area contributed by atoms with E-state index in [-0.39, 0.29) is 33.5 Å². The molecule has 8 nitrogen and oxygen atoms in total. The second-order valence-electron chi connectivity index (χ2n) is 7.92. The lowest BCUT2D eigenvalue weighted by Gasteiger charge is -2.30. The van der Waals surface area contributed by atoms with E-state index in [1.165, 1.54) is 35.6 Å². The molecule has 1 fully saturated rings. The first-order valence-electron chi connectivity index (χ1n) is 10.3. The Kier molecular flexibility index (Phi) is 5.85. The highest BCUT2D eigenvalue weighted by atomic mass is 35.5. The Balaban J connectivity index is 1.64. The number of hydrogen-bond donors (Lipinski definition) is 0. The first-order valence-corrected chi connectivity index (χ1v) is 11.9. The van der Waals surface area contributed by atoms with Crippen LogP contribution in [0.15, 0.2) is 60.7 Å². The van der Waals surface area contributed by atoms with Gasteiger partial charge in [-0.25, -0.2) is 4.98 Å². The summed E-state index contributed by atoms with van der Waals surface area (Å²) in [6.07, 6.45) is 1.35. The molecule has 0 amide bonds. The van der Waals surface area contributed by atoms with Crippen molar-refractivity contribution < 1.29 is 9.85 Å². The largest absolute Gasteiger partial charge is 0.334 e. The summed E-state index contributed by atoms with van der Waals surface area (Å²) in [6.45, 7) is 0. The Morgan fingerprint density at radius 3 is 1.88 bits per heavy atom. The minimum absolute atomic E-state index is 0.0724. The zero-order chi connectivity index (χ0) is 24.0. The van der Waals surface area contributed by atoms with Crippen molar-refractivity contribution in [3.05, 3.63) is 102 Å². The maximum absolute atomic E-state index is 11.5. The molecule has 1 unspecified atom stereocenters. The lowest BCUT2D eigenvalue weighted by Crippen LogP contribution is -2.26. The van der Waals surface area contributed by atoms with Crippen LogP contribution in [0.25, 0.3) is 10.2 Å². The molecule has 172 valence electrons. The zero-order valence-electron chi connectivity index (χ0n) is 17.4. The quantitative estimate of drug-likeness (QED) is 0.201. The number of nitrogens with zero attached hydrogens (tertiary/aromatic N) is 4. The number of nitro benzene ring substituents is 2. The van der Waals surface area contributed by atoms with Crippen LogP contribution in [0.1, 0.15) is 36.1 Å². The summed E-state index contributed by atoms with van der Waals surface area (Å²) in [5.74, 6) is 0. The van der Waals surface area contributed by atoms with Crippen LogP contribution in [-0.4, -0.2) is 14.8 Å². The number of thiazole rings is 1. The average molecular weight is 515 g/mol. The summed E-state index contributed by atoms with van der Waals surface area (Å²) in [7, 11) is 0. The van der Waals surface area contributed by atoms with Crippen LogP contribution in [0.4, 0.5) is 16.5 Å². The fraction of sp³-hybridized carbons (Fsp3) is 0.174. The van der Waals surface area contributed by atoms with Crippen molar-refractivity contribution in [2.45, 2.75) is 24.9 Å². The molecule has 0 N–H and O–H groups in total. The van der Waals surface area contributed by atoms with Gasteiger partial charge in [0.25, 0.3) is 11.4 Å². The number of para-hydroxylation sites is 1. The highest BCUT2D eigenvalue weighted by Gasteiger charge is 2.38. The van der Waals surface area contributed by atoms with Crippen LogP contribution in [0.2, 0.25) is 10.0 Å². The molecule has 1 aromatic heterocycles. The summed E-state index contributed by atoms with van der Waals surface area (Å²) in [4.78, 5) is 28.9. The van der Waals surface area contributed by atoms with E-state index in [9.17, 15) is 20.2 Å². The lowest BCUT2D eigenvalue weighted by atomic mass is 10.0. The predicted molar refractivity (Wildman–Crippen MR) is 133 cm³/mol. The predicted octanol–water partition coefficient (Wildman–Crippen LogP) is 7.50. The molecule has 34 heavy (non-hydrogen) atoms. The van der Waals surface area contributed by atoms with E-state index in [0.29, 0.717) is 12.8 Å². The maximum atomic E-state index is 11.5. The standard InChI is InChI=1S/C23H16Cl2N4O4S/c24-15-7-5-13(11-20(15)28(30)31)18-9-10-19(14-6-8-16(25)21(12-14)29(32)33)27(18)23-26-17-3-1-2-4-22(17)34-23/h1-8,11-12,18-19H,9-10H2/t18-,19?/m1/s1. The first-order chi connectivity index (χ1) is 16.3. The van der Waals surface area contributed by atoms with Gasteiger partial charge >= 0.3 is 0 Å². The molecule has 5 rings (SSSR count). The average Bonchev–Trinajstić information content (AvgIpc) is 3.43. The van der Waals surface area contributed by atoms with Crippen LogP contribution in [0, 0.1) is 20.2 Å². The van der Waals surface area contributed by atoms with Gasteiger partial charge in [-0.15, -0.1) is 0 Å². The molecular formula is C23H16Cl2N4O4S. The number of halogens is 2. The number of hydrogen-bond acceptors (Lipinski definition) is 7. The van der Waals surface area contributed by atoms with E-state index in [1.807, 2.05) is 24.3 Å². The molecule has 3 aromatic carbocycles. The third kappa shape index (κ3) is 3.96. The molecule has 2 heterocycles. The molecule has 11 heteroatoms. The number of anilines is 1. The number of fused-ring (bicyclic) bond motifs is 1. The molecule has 0 radical (unpaired) electrons. The van der Waals surface area contributed by atoms with Crippen LogP contribution in [0.3, 0.4) is 0 Å². The van der Waals surface area contributed by atoms with Crippen molar-refractivity contribution in [1.29, 1.82) is 0 Å². The van der Waals surface area contributed by atoms with Crippen LogP contribution < -0.4 is 4.90 Å². The number of aromatic nitrogens is 1. The SMILES string of the molecule is O=[N+]([O-])c1cc(C2CC[C@H](c3ccc(Cl)c([N+](=O)[O-])c3)N2c2nc3ccccc3s2)ccc1Cl. The van der Waals surface area contributed by atoms with Crippen molar-refractivity contribution in [3.8, 4) is 0 Å². The minimum atomic E-state index is -0.497. The Bertz CT molecular complexity index is 1340. The van der Waals surface area contributed by atoms with Crippen molar-refractivity contribution in [3.63, 3.8) is 0 Å². The smallest absolute Gasteiger partial charge is 0.288 e. The molecule has 0 spiro atoms. The van der Waals surface area contributed by atoms with Gasteiger partial charge in [-0.2, -0.15) is 0 Å². The summed E-state index contributed by atoms with van der Waals surface area (Å²) < 4.78 is 1.01. The number of benzene rings is 3. The highest BCUT2D eigenvalue weighted by Crippen LogP contribution is 2.50. The number of nitro groups is 2. The van der Waals surface area contributed by atoms with Crippen molar-refractivity contribution in [2.75, 3.05) is 4.90 Å². The van der Waals surface area contributed by atoms with E-state index in [4.69, 9.17) is 28.2 Å². The van der Waals surface area contributed by atoms with E-state index in [2.05, 4.69) is 4.90 Å². The molecule has 2 atom stereocenters. The van der Waals surface area contributed by atoms with Crippen LogP contribution in [0.5, 0.6) is 0 Å². The van der Waals surface area contributed by atoms with Gasteiger partial charge in [0.1, 0.15) is 10.0 Å². The summed E-state index contributed by atoms with van der Waals surface area (Å²) in [6, 6.07) is 16.9. The summed E-state index contributed by atoms with van der Waals surface area (Å²) in [5.41, 5.74) is 2.00. The molecular weight excluding hydrogens is 499 g/mol. The molecule has 0 saturated carbocycles. The second-order valence-corrected chi connectivity index (χ2v) is 9.74. The van der Waals surface area contributed by atoms with E-state index in [0.717, 1.165) is 26.5 Å². The normalized spacial score (nSPS) is 17.9. The Morgan fingerprint density at radius 1 is 0.853 bits per heavy atom. The molecule has 1 saturated heterocycles. The Hall–Kier alpha value is -3.27. The fourth-order valence-corrected chi connectivity index (χ4v) is 5.90. The molecule has 1 aliphatic heterocycles. The maximum Gasteiger partial charge on any atom is 0.288 e. The molecule has 1 aliphatic rings. The molecule has 0 aliphatic carbocycles. The van der Waals surface area contributed by atoms with E-state index >= 15 is 0 Å². The van der Waals surface area contributed by atoms with Gasteiger partial charge in [0.15, 0.2) is 5.13 Å². The van der Waals surface area contributed by atoms with Gasteiger partial charge in [-0.05, 0) is 48.2 Å². The Labute approximate surface area is 207 Å². The van der Waals surface area contributed by atoms with Gasteiger partial charge in [0.2, 0.25) is 0 Å². The molecule has 0 bridgehead atoms. The topological polar surface area (TPSA) is 102 Å². The highest BCUT2D eigenvalue weighted by molar-refractivity contribution is 7.22. The van der Waals surface area contributed by atoms with E-state index in [1.54, 1.807) is 12.1 Å². The third-order valence-corrected chi connectivity index (χ3v) is 7.68. The monoisotopic (exact) mass is 514 g/mol. The van der Waals surface area contributed by atoms with Crippen LogP contribution in [-0.2, 0) is 0 Å². The van der Waals surface area contributed by atoms with Crippen molar-refractivity contribution >= 4 is 61.3 Å².